The van der Waals surface area contributed by atoms with Gasteiger partial charge in [0.2, 0.25) is 11.8 Å². The minimum atomic E-state index is -4.09. The van der Waals surface area contributed by atoms with Gasteiger partial charge in [-0.15, -0.1) is 0 Å². The number of carbonyl (C=O) groups excluding carboxylic acids is 2. The number of aryl methyl sites for hydroxylation is 1. The van der Waals surface area contributed by atoms with E-state index in [4.69, 9.17) is 0 Å². The number of nitrogens with one attached hydrogen (secondary N) is 1. The molecule has 0 saturated heterocycles. The first-order valence-electron chi connectivity index (χ1n) is 13.5. The Morgan fingerprint density at radius 3 is 2.23 bits per heavy atom. The summed E-state index contributed by atoms with van der Waals surface area (Å²) >= 11 is 3.42. The van der Waals surface area contributed by atoms with Gasteiger partial charge in [0.05, 0.1) is 10.6 Å². The van der Waals surface area contributed by atoms with Gasteiger partial charge in [0.25, 0.3) is 10.0 Å². The predicted molar refractivity (Wildman–Crippen MR) is 164 cm³/mol. The number of benzene rings is 3. The van der Waals surface area contributed by atoms with Crippen LogP contribution in [0.15, 0.2) is 88.2 Å². The summed E-state index contributed by atoms with van der Waals surface area (Å²) in [6.07, 6.45) is 0.925. The van der Waals surface area contributed by atoms with Crippen molar-refractivity contribution in [3.63, 3.8) is 0 Å². The fourth-order valence-corrected chi connectivity index (χ4v) is 6.11. The maximum absolute atomic E-state index is 14.0. The first kappa shape index (κ1) is 31.4. The van der Waals surface area contributed by atoms with Crippen molar-refractivity contribution in [1.82, 2.24) is 10.2 Å². The Morgan fingerprint density at radius 2 is 1.62 bits per heavy atom. The molecular formula is C31H38BrN3O4S. The lowest BCUT2D eigenvalue weighted by Gasteiger charge is -2.33. The molecule has 40 heavy (non-hydrogen) atoms. The van der Waals surface area contributed by atoms with Crippen molar-refractivity contribution in [3.8, 4) is 0 Å². The van der Waals surface area contributed by atoms with Crippen LogP contribution < -0.4 is 9.62 Å². The monoisotopic (exact) mass is 627 g/mol. The maximum Gasteiger partial charge on any atom is 0.264 e. The second-order valence-electron chi connectivity index (χ2n) is 10.2. The molecule has 1 atom stereocenters. The van der Waals surface area contributed by atoms with Gasteiger partial charge in [-0.3, -0.25) is 13.9 Å². The molecule has 0 fully saturated rings. The van der Waals surface area contributed by atoms with Crippen LogP contribution in [-0.2, 0) is 26.0 Å². The molecule has 1 N–H and O–H groups in total. The van der Waals surface area contributed by atoms with E-state index in [1.807, 2.05) is 58.0 Å². The van der Waals surface area contributed by atoms with Gasteiger partial charge in [0.15, 0.2) is 0 Å². The molecule has 3 aromatic carbocycles. The molecule has 3 rings (SSSR count). The van der Waals surface area contributed by atoms with E-state index in [1.54, 1.807) is 48.5 Å². The molecule has 0 saturated carbocycles. The number of hydrogen-bond donors (Lipinski definition) is 1. The quantitative estimate of drug-likeness (QED) is 0.268. The first-order valence-corrected chi connectivity index (χ1v) is 15.7. The Morgan fingerprint density at radius 1 is 0.950 bits per heavy atom. The SMILES string of the molecule is CC[C@H](C(=O)NCC(C)C)N(CCc1ccccc1)C(=O)CN(c1cccc(Br)c1)S(=O)(=O)c1ccc(C)cc1. The Labute approximate surface area is 246 Å². The molecule has 0 radical (unpaired) electrons. The normalized spacial score (nSPS) is 12.2. The highest BCUT2D eigenvalue weighted by atomic mass is 79.9. The average Bonchev–Trinajstić information content (AvgIpc) is 2.93. The summed E-state index contributed by atoms with van der Waals surface area (Å²) in [5, 5.41) is 2.95. The van der Waals surface area contributed by atoms with Crippen LogP contribution in [0.2, 0.25) is 0 Å². The zero-order chi connectivity index (χ0) is 29.3. The standard InChI is InChI=1S/C31H38BrN3O4S/c1-5-29(31(37)33-21-23(2)3)34(19-18-25-10-7-6-8-11-25)30(36)22-35(27-13-9-12-26(32)20-27)40(38,39)28-16-14-24(4)15-17-28/h6-17,20,23,29H,5,18-19,21-22H2,1-4H3,(H,33,37)/t29-/m1/s1. The molecule has 0 heterocycles. The minimum Gasteiger partial charge on any atom is -0.354 e. The minimum absolute atomic E-state index is 0.0865. The number of nitrogens with zero attached hydrogens (tertiary/aromatic N) is 2. The van der Waals surface area contributed by atoms with Crippen molar-refractivity contribution < 1.29 is 18.0 Å². The lowest BCUT2D eigenvalue weighted by atomic mass is 10.1. The van der Waals surface area contributed by atoms with E-state index in [9.17, 15) is 18.0 Å². The van der Waals surface area contributed by atoms with Crippen molar-refractivity contribution in [2.75, 3.05) is 23.9 Å². The molecule has 0 aliphatic rings. The molecule has 214 valence electrons. The van der Waals surface area contributed by atoms with E-state index in [1.165, 1.54) is 4.90 Å². The van der Waals surface area contributed by atoms with Crippen LogP contribution in [0.5, 0.6) is 0 Å². The van der Waals surface area contributed by atoms with Crippen LogP contribution in [0.1, 0.15) is 38.3 Å². The molecule has 0 bridgehead atoms. The molecule has 0 unspecified atom stereocenters. The van der Waals surface area contributed by atoms with Crippen molar-refractivity contribution in [2.24, 2.45) is 5.92 Å². The largest absolute Gasteiger partial charge is 0.354 e. The molecule has 0 aliphatic carbocycles. The van der Waals surface area contributed by atoms with Crippen LogP contribution in [0.4, 0.5) is 5.69 Å². The third-order valence-corrected chi connectivity index (χ3v) is 8.82. The summed E-state index contributed by atoms with van der Waals surface area (Å²) in [4.78, 5) is 28.9. The van der Waals surface area contributed by atoms with E-state index in [0.29, 0.717) is 29.5 Å². The molecule has 0 aromatic heterocycles. The van der Waals surface area contributed by atoms with Gasteiger partial charge in [-0.1, -0.05) is 90.8 Å². The fourth-order valence-electron chi connectivity index (χ4n) is 4.32. The fraction of sp³-hybridized carbons (Fsp3) is 0.355. The molecule has 3 aromatic rings. The lowest BCUT2D eigenvalue weighted by molar-refractivity contribution is -0.139. The number of sulfonamides is 1. The number of hydrogen-bond acceptors (Lipinski definition) is 4. The van der Waals surface area contributed by atoms with E-state index < -0.39 is 28.5 Å². The van der Waals surface area contributed by atoms with Gasteiger partial charge < -0.3 is 10.2 Å². The highest BCUT2D eigenvalue weighted by Gasteiger charge is 2.33. The first-order chi connectivity index (χ1) is 19.0. The van der Waals surface area contributed by atoms with E-state index >= 15 is 0 Å². The van der Waals surface area contributed by atoms with E-state index in [0.717, 1.165) is 15.4 Å². The molecule has 0 spiro atoms. The van der Waals surface area contributed by atoms with Crippen molar-refractivity contribution >= 4 is 43.5 Å². The summed E-state index contributed by atoms with van der Waals surface area (Å²) in [5.41, 5.74) is 2.30. The Hall–Kier alpha value is -3.17. The summed E-state index contributed by atoms with van der Waals surface area (Å²) in [7, 11) is -4.09. The smallest absolute Gasteiger partial charge is 0.264 e. The van der Waals surface area contributed by atoms with Crippen molar-refractivity contribution in [3.05, 3.63) is 94.5 Å². The van der Waals surface area contributed by atoms with Gasteiger partial charge >= 0.3 is 0 Å². The molecule has 0 aliphatic heterocycles. The highest BCUT2D eigenvalue weighted by molar-refractivity contribution is 9.10. The number of halogens is 1. The number of anilines is 1. The second-order valence-corrected chi connectivity index (χ2v) is 13.0. The van der Waals surface area contributed by atoms with Crippen molar-refractivity contribution in [2.45, 2.75) is 51.5 Å². The molecule has 7 nitrogen and oxygen atoms in total. The predicted octanol–water partition coefficient (Wildman–Crippen LogP) is 5.57. The van der Waals surface area contributed by atoms with Gasteiger partial charge in [-0.25, -0.2) is 8.42 Å². The van der Waals surface area contributed by atoms with Gasteiger partial charge in [-0.05, 0) is 61.6 Å². The van der Waals surface area contributed by atoms with Gasteiger partial charge in [0, 0.05) is 17.6 Å². The summed E-state index contributed by atoms with van der Waals surface area (Å²) < 4.78 is 29.6. The van der Waals surface area contributed by atoms with Gasteiger partial charge in [-0.2, -0.15) is 0 Å². The van der Waals surface area contributed by atoms with Crippen LogP contribution >= 0.6 is 15.9 Å². The van der Waals surface area contributed by atoms with Crippen molar-refractivity contribution in [1.29, 1.82) is 0 Å². The third kappa shape index (κ3) is 8.41. The number of amides is 2. The average molecular weight is 629 g/mol. The Bertz CT molecular complexity index is 1380. The lowest BCUT2D eigenvalue weighted by Crippen LogP contribution is -2.53. The second kappa shape index (κ2) is 14.5. The van der Waals surface area contributed by atoms with Crippen LogP contribution in [0.3, 0.4) is 0 Å². The summed E-state index contributed by atoms with van der Waals surface area (Å²) in [6, 6.07) is 22.4. The topological polar surface area (TPSA) is 86.8 Å². The molecule has 2 amide bonds. The zero-order valence-electron chi connectivity index (χ0n) is 23.5. The number of carbonyl (C=O) groups is 2. The Balaban J connectivity index is 1.99. The van der Waals surface area contributed by atoms with Crippen LogP contribution in [0.25, 0.3) is 0 Å². The van der Waals surface area contributed by atoms with E-state index in [-0.39, 0.29) is 23.3 Å². The third-order valence-electron chi connectivity index (χ3n) is 6.54. The number of rotatable bonds is 13. The summed E-state index contributed by atoms with van der Waals surface area (Å²) in [5.74, 6) is -0.437. The Kier molecular flexibility index (Phi) is 11.3. The van der Waals surface area contributed by atoms with Crippen LogP contribution in [-0.4, -0.2) is 50.8 Å². The maximum atomic E-state index is 14.0. The van der Waals surface area contributed by atoms with E-state index in [2.05, 4.69) is 21.2 Å². The summed E-state index contributed by atoms with van der Waals surface area (Å²) in [6.45, 7) is 8.06. The van der Waals surface area contributed by atoms with Crippen LogP contribution in [0, 0.1) is 12.8 Å². The van der Waals surface area contributed by atoms with Gasteiger partial charge in [0.1, 0.15) is 12.6 Å². The molecular weight excluding hydrogens is 590 g/mol. The molecule has 9 heteroatoms. The highest BCUT2D eigenvalue weighted by Crippen LogP contribution is 2.27. The zero-order valence-corrected chi connectivity index (χ0v) is 25.9.